The van der Waals surface area contributed by atoms with Crippen molar-refractivity contribution in [2.75, 3.05) is 10.8 Å². The van der Waals surface area contributed by atoms with Gasteiger partial charge in [0.2, 0.25) is 11.8 Å². The van der Waals surface area contributed by atoms with Crippen LogP contribution < -0.4 is 9.62 Å². The van der Waals surface area contributed by atoms with E-state index in [2.05, 4.69) is 5.32 Å². The molecule has 2 atom stereocenters. The lowest BCUT2D eigenvalue weighted by molar-refractivity contribution is -0.140. The molecule has 242 valence electrons. The van der Waals surface area contributed by atoms with Crippen molar-refractivity contribution in [3.05, 3.63) is 129 Å². The summed E-state index contributed by atoms with van der Waals surface area (Å²) in [7, 11) is -4.30. The number of aryl methyl sites for hydroxylation is 1. The zero-order valence-electron chi connectivity index (χ0n) is 25.8. The van der Waals surface area contributed by atoms with Crippen molar-refractivity contribution in [3.8, 4) is 0 Å². The van der Waals surface area contributed by atoms with E-state index >= 15 is 0 Å². The molecule has 0 fully saturated rings. The lowest BCUT2D eigenvalue weighted by Crippen LogP contribution is -2.54. The van der Waals surface area contributed by atoms with Gasteiger partial charge in [0.15, 0.2) is 0 Å². The van der Waals surface area contributed by atoms with Crippen molar-refractivity contribution in [1.29, 1.82) is 0 Å². The molecule has 0 spiro atoms. The van der Waals surface area contributed by atoms with Crippen molar-refractivity contribution in [1.82, 2.24) is 10.2 Å². The highest BCUT2D eigenvalue weighted by Gasteiger charge is 2.35. The van der Waals surface area contributed by atoms with E-state index in [1.165, 1.54) is 35.2 Å². The Morgan fingerprint density at radius 2 is 1.46 bits per heavy atom. The second-order valence-corrected chi connectivity index (χ2v) is 14.2. The highest BCUT2D eigenvalue weighted by atomic mass is 35.5. The van der Waals surface area contributed by atoms with Gasteiger partial charge in [-0.3, -0.25) is 13.9 Å². The molecule has 0 heterocycles. The van der Waals surface area contributed by atoms with Gasteiger partial charge in [-0.2, -0.15) is 0 Å². The van der Waals surface area contributed by atoms with Crippen LogP contribution in [0.2, 0.25) is 15.1 Å². The number of nitrogens with zero attached hydrogens (tertiary/aromatic N) is 2. The highest BCUT2D eigenvalue weighted by molar-refractivity contribution is 7.92. The number of hydrogen-bond donors (Lipinski definition) is 1. The molecule has 0 aliphatic heterocycles. The van der Waals surface area contributed by atoms with E-state index in [9.17, 15) is 18.0 Å². The largest absolute Gasteiger partial charge is 0.352 e. The number of benzene rings is 4. The molecular formula is C35H36Cl3N3O4S. The molecular weight excluding hydrogens is 665 g/mol. The first-order chi connectivity index (χ1) is 21.9. The van der Waals surface area contributed by atoms with Crippen LogP contribution >= 0.6 is 34.8 Å². The maximum atomic E-state index is 14.6. The Balaban J connectivity index is 1.84. The van der Waals surface area contributed by atoms with Crippen LogP contribution in [0, 0.1) is 6.92 Å². The topological polar surface area (TPSA) is 86.8 Å². The zero-order valence-corrected chi connectivity index (χ0v) is 28.9. The number of nitrogens with one attached hydrogen (secondary N) is 1. The van der Waals surface area contributed by atoms with E-state index < -0.39 is 28.5 Å². The van der Waals surface area contributed by atoms with Crippen molar-refractivity contribution in [2.45, 2.75) is 57.1 Å². The van der Waals surface area contributed by atoms with E-state index in [0.29, 0.717) is 17.0 Å². The number of anilines is 1. The van der Waals surface area contributed by atoms with Gasteiger partial charge >= 0.3 is 0 Å². The first kappa shape index (κ1) is 35.3. The summed E-state index contributed by atoms with van der Waals surface area (Å²) in [5.74, 6) is -0.982. The minimum atomic E-state index is -4.30. The summed E-state index contributed by atoms with van der Waals surface area (Å²) in [6.45, 7) is 5.00. The van der Waals surface area contributed by atoms with Crippen molar-refractivity contribution in [3.63, 3.8) is 0 Å². The molecule has 46 heavy (non-hydrogen) atoms. The maximum absolute atomic E-state index is 14.6. The van der Waals surface area contributed by atoms with Crippen molar-refractivity contribution >= 4 is 62.3 Å². The van der Waals surface area contributed by atoms with Crippen LogP contribution in [0.4, 0.5) is 5.69 Å². The summed E-state index contributed by atoms with van der Waals surface area (Å²) in [5.41, 5.74) is 2.40. The third-order valence-corrected chi connectivity index (χ3v) is 10.2. The molecule has 0 aliphatic rings. The normalized spacial score (nSPS) is 12.7. The molecule has 1 N–H and O–H groups in total. The van der Waals surface area contributed by atoms with E-state index in [1.807, 2.05) is 51.1 Å². The quantitative estimate of drug-likeness (QED) is 0.155. The average Bonchev–Trinajstić information content (AvgIpc) is 3.02. The van der Waals surface area contributed by atoms with Crippen LogP contribution in [0.1, 0.15) is 37.0 Å². The first-order valence-electron chi connectivity index (χ1n) is 14.8. The summed E-state index contributed by atoms with van der Waals surface area (Å²) in [5, 5.41) is 3.82. The molecule has 0 bridgehead atoms. The highest BCUT2D eigenvalue weighted by Crippen LogP contribution is 2.31. The Bertz CT molecular complexity index is 1750. The smallest absolute Gasteiger partial charge is 0.264 e. The molecule has 4 aromatic carbocycles. The number of carbonyl (C=O) groups is 2. The fraction of sp³-hybridized carbons (Fsp3) is 0.257. The van der Waals surface area contributed by atoms with Crippen LogP contribution in [-0.2, 0) is 32.6 Å². The molecule has 4 rings (SSSR count). The third-order valence-electron chi connectivity index (χ3n) is 7.59. The van der Waals surface area contributed by atoms with E-state index in [1.54, 1.807) is 36.4 Å². The molecule has 7 nitrogen and oxygen atoms in total. The van der Waals surface area contributed by atoms with Crippen LogP contribution in [0.25, 0.3) is 0 Å². The summed E-state index contributed by atoms with van der Waals surface area (Å²) in [4.78, 5) is 29.9. The van der Waals surface area contributed by atoms with Gasteiger partial charge in [0, 0.05) is 34.1 Å². The fourth-order valence-electron chi connectivity index (χ4n) is 4.85. The summed E-state index contributed by atoms with van der Waals surface area (Å²) >= 11 is 19.2. The molecule has 0 unspecified atom stereocenters. The first-order valence-corrected chi connectivity index (χ1v) is 17.4. The van der Waals surface area contributed by atoms with Gasteiger partial charge in [0.25, 0.3) is 10.0 Å². The SMILES string of the molecule is CC[C@@H](C)NC(=O)[C@@H](Cc1ccccc1)N(Cc1ccccc1Cl)C(=O)CN(c1cc(Cl)cc(Cl)c1)S(=O)(=O)c1ccc(C)cc1. The second-order valence-electron chi connectivity index (χ2n) is 11.1. The maximum Gasteiger partial charge on any atom is 0.264 e. The number of halogens is 3. The number of amides is 2. The lowest BCUT2D eigenvalue weighted by Gasteiger charge is -2.34. The molecule has 0 saturated heterocycles. The Kier molecular flexibility index (Phi) is 12.1. The summed E-state index contributed by atoms with van der Waals surface area (Å²) in [6, 6.07) is 25.9. The number of sulfonamides is 1. The van der Waals surface area contributed by atoms with Gasteiger partial charge < -0.3 is 10.2 Å². The minimum absolute atomic E-state index is 0.0185. The Labute approximate surface area is 286 Å². The third kappa shape index (κ3) is 9.04. The summed E-state index contributed by atoms with van der Waals surface area (Å²) in [6.07, 6.45) is 0.868. The van der Waals surface area contributed by atoms with Gasteiger partial charge in [0.1, 0.15) is 12.6 Å². The Hall–Kier alpha value is -3.56. The predicted molar refractivity (Wildman–Crippen MR) is 186 cm³/mol. The van der Waals surface area contributed by atoms with Crippen molar-refractivity contribution < 1.29 is 18.0 Å². The van der Waals surface area contributed by atoms with E-state index in [4.69, 9.17) is 34.8 Å². The minimum Gasteiger partial charge on any atom is -0.352 e. The fourth-order valence-corrected chi connectivity index (χ4v) is 6.96. The number of hydrogen-bond acceptors (Lipinski definition) is 4. The Morgan fingerprint density at radius 1 is 0.848 bits per heavy atom. The predicted octanol–water partition coefficient (Wildman–Crippen LogP) is 7.71. The Morgan fingerprint density at radius 3 is 2.07 bits per heavy atom. The van der Waals surface area contributed by atoms with Crippen LogP contribution in [0.3, 0.4) is 0 Å². The van der Waals surface area contributed by atoms with Crippen LogP contribution in [-0.4, -0.2) is 43.8 Å². The van der Waals surface area contributed by atoms with Gasteiger partial charge in [-0.25, -0.2) is 8.42 Å². The van der Waals surface area contributed by atoms with Gasteiger partial charge in [-0.15, -0.1) is 0 Å². The zero-order chi connectivity index (χ0) is 33.4. The monoisotopic (exact) mass is 699 g/mol. The van der Waals surface area contributed by atoms with Crippen molar-refractivity contribution in [2.24, 2.45) is 0 Å². The molecule has 11 heteroatoms. The standard InChI is InChI=1S/C35H36Cl3N3O4S/c1-4-25(3)39-35(43)33(18-26-10-6-5-7-11-26)40(22-27-12-8-9-13-32(27)38)34(42)23-41(30-20-28(36)19-29(37)21-30)46(44,45)31-16-14-24(2)15-17-31/h5-17,19-21,25,33H,4,18,22-23H2,1-3H3,(H,39,43)/t25-,33-/m1/s1. The molecule has 0 saturated carbocycles. The van der Waals surface area contributed by atoms with Gasteiger partial charge in [0.05, 0.1) is 10.6 Å². The van der Waals surface area contributed by atoms with Crippen LogP contribution in [0.15, 0.2) is 102 Å². The van der Waals surface area contributed by atoms with E-state index in [0.717, 1.165) is 15.4 Å². The van der Waals surface area contributed by atoms with Gasteiger partial charge in [-0.1, -0.05) is 108 Å². The lowest BCUT2D eigenvalue weighted by atomic mass is 10.0. The van der Waals surface area contributed by atoms with Gasteiger partial charge in [-0.05, 0) is 67.8 Å². The van der Waals surface area contributed by atoms with E-state index in [-0.39, 0.29) is 45.5 Å². The molecule has 0 radical (unpaired) electrons. The second kappa shape index (κ2) is 15.8. The van der Waals surface area contributed by atoms with Crippen LogP contribution in [0.5, 0.6) is 0 Å². The number of rotatable bonds is 13. The molecule has 4 aromatic rings. The molecule has 0 aliphatic carbocycles. The molecule has 0 aromatic heterocycles. The molecule has 2 amide bonds. The number of carbonyl (C=O) groups excluding carboxylic acids is 2. The average molecular weight is 701 g/mol. The summed E-state index contributed by atoms with van der Waals surface area (Å²) < 4.78 is 29.3.